The first-order valence-corrected chi connectivity index (χ1v) is 5.55. The normalized spacial score (nSPS) is 17.6. The molecule has 1 saturated carbocycles. The van der Waals surface area contributed by atoms with Crippen molar-refractivity contribution < 1.29 is 0 Å². The lowest BCUT2D eigenvalue weighted by Gasteiger charge is -2.10. The lowest BCUT2D eigenvalue weighted by molar-refractivity contribution is 0.610. The molecule has 0 saturated heterocycles. The number of aromatic nitrogens is 4. The molecule has 0 unspecified atom stereocenters. The summed E-state index contributed by atoms with van der Waals surface area (Å²) in [6, 6.07) is 0. The maximum absolute atomic E-state index is 4.28. The van der Waals surface area contributed by atoms with Crippen molar-refractivity contribution in [1.82, 2.24) is 19.7 Å². The third-order valence-corrected chi connectivity index (χ3v) is 3.32. The van der Waals surface area contributed by atoms with Gasteiger partial charge in [0.15, 0.2) is 5.65 Å². The van der Waals surface area contributed by atoms with Crippen LogP contribution >= 0.6 is 0 Å². The molecule has 1 N–H and O–H groups in total. The summed E-state index contributed by atoms with van der Waals surface area (Å²) >= 11 is 0. The van der Waals surface area contributed by atoms with Crippen LogP contribution in [-0.4, -0.2) is 26.3 Å². The molecular formula is C11H15N5. The van der Waals surface area contributed by atoms with Crippen LogP contribution in [0.5, 0.6) is 0 Å². The lowest BCUT2D eigenvalue weighted by atomic mass is 10.1. The summed E-state index contributed by atoms with van der Waals surface area (Å²) in [6.07, 6.45) is 6.01. The Hall–Kier alpha value is -1.65. The predicted octanol–water partition coefficient (Wildman–Crippen LogP) is 1.58. The first-order valence-electron chi connectivity index (χ1n) is 5.55. The average Bonchev–Trinajstić information content (AvgIpc) is 2.90. The predicted molar refractivity (Wildman–Crippen MR) is 62.1 cm³/mol. The van der Waals surface area contributed by atoms with Crippen LogP contribution in [0.25, 0.3) is 11.0 Å². The fraction of sp³-hybridized carbons (Fsp3) is 0.545. The topological polar surface area (TPSA) is 55.6 Å². The minimum atomic E-state index is 0.472. The van der Waals surface area contributed by atoms with E-state index in [0.717, 1.165) is 23.4 Å². The Labute approximate surface area is 93.9 Å². The molecule has 0 amide bonds. The standard InChI is InChI=1S/C11H15N5/c1-11(3-4-11)6-12-9-8-5-15-16(2)10(8)14-7-13-9/h5,7H,3-4,6H2,1-2H3,(H,12,13,14). The Balaban J connectivity index is 1.90. The summed E-state index contributed by atoms with van der Waals surface area (Å²) in [4.78, 5) is 8.49. The molecular weight excluding hydrogens is 202 g/mol. The summed E-state index contributed by atoms with van der Waals surface area (Å²) in [6.45, 7) is 3.27. The van der Waals surface area contributed by atoms with Gasteiger partial charge in [0.05, 0.1) is 11.6 Å². The van der Waals surface area contributed by atoms with Crippen molar-refractivity contribution in [2.45, 2.75) is 19.8 Å². The van der Waals surface area contributed by atoms with Gasteiger partial charge in [-0.3, -0.25) is 4.68 Å². The van der Waals surface area contributed by atoms with Gasteiger partial charge in [0.2, 0.25) is 0 Å². The number of anilines is 1. The second-order valence-corrected chi connectivity index (χ2v) is 4.89. The molecule has 84 valence electrons. The first kappa shape index (κ1) is 9.57. The van der Waals surface area contributed by atoms with Gasteiger partial charge in [-0.15, -0.1) is 0 Å². The fourth-order valence-corrected chi connectivity index (χ4v) is 1.79. The van der Waals surface area contributed by atoms with Crippen LogP contribution in [0.4, 0.5) is 5.82 Å². The minimum Gasteiger partial charge on any atom is -0.369 e. The number of nitrogens with one attached hydrogen (secondary N) is 1. The molecule has 0 radical (unpaired) electrons. The monoisotopic (exact) mass is 217 g/mol. The molecule has 0 bridgehead atoms. The summed E-state index contributed by atoms with van der Waals surface area (Å²) in [5.74, 6) is 0.895. The molecule has 3 rings (SSSR count). The van der Waals surface area contributed by atoms with Gasteiger partial charge >= 0.3 is 0 Å². The highest BCUT2D eigenvalue weighted by Crippen LogP contribution is 2.44. The largest absolute Gasteiger partial charge is 0.369 e. The van der Waals surface area contributed by atoms with E-state index in [4.69, 9.17) is 0 Å². The Morgan fingerprint density at radius 1 is 1.44 bits per heavy atom. The molecule has 1 aliphatic rings. The molecule has 5 nitrogen and oxygen atoms in total. The van der Waals surface area contributed by atoms with Crippen molar-refractivity contribution in [3.05, 3.63) is 12.5 Å². The quantitative estimate of drug-likeness (QED) is 0.848. The molecule has 1 aliphatic carbocycles. The summed E-state index contributed by atoms with van der Waals surface area (Å²) in [5, 5.41) is 8.58. The summed E-state index contributed by atoms with van der Waals surface area (Å²) in [5.41, 5.74) is 1.35. The van der Waals surface area contributed by atoms with E-state index in [2.05, 4.69) is 27.3 Å². The third kappa shape index (κ3) is 1.52. The van der Waals surface area contributed by atoms with Gasteiger partial charge in [0.25, 0.3) is 0 Å². The number of nitrogens with zero attached hydrogens (tertiary/aromatic N) is 4. The van der Waals surface area contributed by atoms with E-state index in [1.807, 2.05) is 13.2 Å². The van der Waals surface area contributed by atoms with Crippen LogP contribution in [0.3, 0.4) is 0 Å². The van der Waals surface area contributed by atoms with Crippen LogP contribution in [0.2, 0.25) is 0 Å². The van der Waals surface area contributed by atoms with Gasteiger partial charge in [-0.2, -0.15) is 5.10 Å². The summed E-state index contributed by atoms with van der Waals surface area (Å²) in [7, 11) is 1.89. The van der Waals surface area contributed by atoms with Gasteiger partial charge in [-0.05, 0) is 18.3 Å². The van der Waals surface area contributed by atoms with Gasteiger partial charge in [-0.1, -0.05) is 6.92 Å². The second kappa shape index (κ2) is 3.17. The lowest BCUT2D eigenvalue weighted by Crippen LogP contribution is -2.12. The number of aryl methyl sites for hydroxylation is 1. The van der Waals surface area contributed by atoms with Gasteiger partial charge < -0.3 is 5.32 Å². The van der Waals surface area contributed by atoms with E-state index in [1.165, 1.54) is 12.8 Å². The fourth-order valence-electron chi connectivity index (χ4n) is 1.79. The molecule has 5 heteroatoms. The molecule has 0 spiro atoms. The highest BCUT2D eigenvalue weighted by atomic mass is 15.3. The van der Waals surface area contributed by atoms with Crippen molar-refractivity contribution in [3.8, 4) is 0 Å². The zero-order valence-electron chi connectivity index (χ0n) is 9.56. The van der Waals surface area contributed by atoms with Crippen LogP contribution in [0.15, 0.2) is 12.5 Å². The van der Waals surface area contributed by atoms with Crippen molar-refractivity contribution in [3.63, 3.8) is 0 Å². The molecule has 0 atom stereocenters. The van der Waals surface area contributed by atoms with Gasteiger partial charge in [0, 0.05) is 13.6 Å². The Bertz CT molecular complexity index is 526. The molecule has 0 aliphatic heterocycles. The number of fused-ring (bicyclic) bond motifs is 1. The Kier molecular flexibility index (Phi) is 1.89. The minimum absolute atomic E-state index is 0.472. The van der Waals surface area contributed by atoms with Gasteiger partial charge in [0.1, 0.15) is 12.1 Å². The third-order valence-electron chi connectivity index (χ3n) is 3.32. The van der Waals surface area contributed by atoms with Gasteiger partial charge in [-0.25, -0.2) is 9.97 Å². The number of hydrogen-bond donors (Lipinski definition) is 1. The van der Waals surface area contributed by atoms with Crippen LogP contribution in [-0.2, 0) is 7.05 Å². The van der Waals surface area contributed by atoms with Crippen molar-refractivity contribution in [1.29, 1.82) is 0 Å². The van der Waals surface area contributed by atoms with E-state index in [-0.39, 0.29) is 0 Å². The maximum Gasteiger partial charge on any atom is 0.163 e. The zero-order valence-corrected chi connectivity index (χ0v) is 9.56. The van der Waals surface area contributed by atoms with E-state index < -0.39 is 0 Å². The Morgan fingerprint density at radius 2 is 2.25 bits per heavy atom. The molecule has 2 aromatic heterocycles. The van der Waals surface area contributed by atoms with Crippen molar-refractivity contribution >= 4 is 16.9 Å². The average molecular weight is 217 g/mol. The number of hydrogen-bond acceptors (Lipinski definition) is 4. The molecule has 16 heavy (non-hydrogen) atoms. The first-order chi connectivity index (χ1) is 7.68. The van der Waals surface area contributed by atoms with E-state index in [1.54, 1.807) is 11.0 Å². The van der Waals surface area contributed by atoms with E-state index in [9.17, 15) is 0 Å². The molecule has 1 fully saturated rings. The smallest absolute Gasteiger partial charge is 0.163 e. The van der Waals surface area contributed by atoms with E-state index >= 15 is 0 Å². The van der Waals surface area contributed by atoms with Crippen molar-refractivity contribution in [2.75, 3.05) is 11.9 Å². The SMILES string of the molecule is Cn1ncc2c(NCC3(C)CC3)ncnc21. The van der Waals surface area contributed by atoms with Crippen LogP contribution < -0.4 is 5.32 Å². The zero-order chi connectivity index (χ0) is 11.2. The highest BCUT2D eigenvalue weighted by Gasteiger charge is 2.36. The van der Waals surface area contributed by atoms with Crippen LogP contribution in [0.1, 0.15) is 19.8 Å². The Morgan fingerprint density at radius 3 is 3.00 bits per heavy atom. The van der Waals surface area contributed by atoms with Crippen molar-refractivity contribution in [2.24, 2.45) is 12.5 Å². The summed E-state index contributed by atoms with van der Waals surface area (Å²) < 4.78 is 1.76. The second-order valence-electron chi connectivity index (χ2n) is 4.89. The van der Waals surface area contributed by atoms with Crippen LogP contribution in [0, 0.1) is 5.41 Å². The highest BCUT2D eigenvalue weighted by molar-refractivity contribution is 5.85. The van der Waals surface area contributed by atoms with E-state index in [0.29, 0.717) is 5.41 Å². The molecule has 0 aromatic carbocycles. The molecule has 2 heterocycles. The number of rotatable bonds is 3. The molecule has 2 aromatic rings. The maximum atomic E-state index is 4.28.